The SMILES string of the molecule is CCCc1nnsc1C(=O)N(CCO)C1CCCCC1. The smallest absolute Gasteiger partial charge is 0.267 e. The molecule has 1 saturated carbocycles. The Bertz CT molecular complexity index is 430. The molecule has 0 bridgehead atoms. The van der Waals surface area contributed by atoms with E-state index in [1.54, 1.807) is 0 Å². The fourth-order valence-electron chi connectivity index (χ4n) is 2.85. The minimum atomic E-state index is 0.00407. The van der Waals surface area contributed by atoms with Gasteiger partial charge in [-0.25, -0.2) is 0 Å². The molecule has 0 radical (unpaired) electrons. The molecule has 20 heavy (non-hydrogen) atoms. The van der Waals surface area contributed by atoms with Crippen LogP contribution < -0.4 is 0 Å². The Morgan fingerprint density at radius 3 is 2.80 bits per heavy atom. The molecule has 112 valence electrons. The van der Waals surface area contributed by atoms with Crippen LogP contribution in [0.15, 0.2) is 0 Å². The average Bonchev–Trinajstić information content (AvgIpc) is 2.94. The number of carbonyl (C=O) groups is 1. The maximum Gasteiger partial charge on any atom is 0.267 e. The molecule has 0 spiro atoms. The number of aryl methyl sites for hydroxylation is 1. The first kappa shape index (κ1) is 15.4. The highest BCUT2D eigenvalue weighted by Gasteiger charge is 2.28. The van der Waals surface area contributed by atoms with Crippen LogP contribution in [-0.4, -0.2) is 44.7 Å². The maximum atomic E-state index is 12.7. The van der Waals surface area contributed by atoms with Crippen LogP contribution in [0.3, 0.4) is 0 Å². The largest absolute Gasteiger partial charge is 0.395 e. The first-order valence-electron chi connectivity index (χ1n) is 7.51. The van der Waals surface area contributed by atoms with Gasteiger partial charge in [-0.05, 0) is 30.8 Å². The van der Waals surface area contributed by atoms with Crippen LogP contribution in [0.1, 0.15) is 60.8 Å². The zero-order valence-corrected chi connectivity index (χ0v) is 12.9. The molecular weight excluding hydrogens is 274 g/mol. The molecule has 6 heteroatoms. The van der Waals surface area contributed by atoms with Crippen molar-refractivity contribution in [2.75, 3.05) is 13.2 Å². The molecule has 1 fully saturated rings. The second kappa shape index (κ2) is 7.69. The summed E-state index contributed by atoms with van der Waals surface area (Å²) in [6.45, 7) is 2.49. The number of nitrogens with zero attached hydrogens (tertiary/aromatic N) is 3. The summed E-state index contributed by atoms with van der Waals surface area (Å²) in [5, 5.41) is 13.3. The molecule has 1 aliphatic rings. The van der Waals surface area contributed by atoms with Crippen LogP contribution in [0.5, 0.6) is 0 Å². The van der Waals surface area contributed by atoms with Crippen molar-refractivity contribution < 1.29 is 9.90 Å². The molecule has 1 amide bonds. The number of amides is 1. The quantitative estimate of drug-likeness (QED) is 0.874. The average molecular weight is 297 g/mol. The highest BCUT2D eigenvalue weighted by Crippen LogP contribution is 2.25. The fraction of sp³-hybridized carbons (Fsp3) is 0.786. The minimum absolute atomic E-state index is 0.00407. The van der Waals surface area contributed by atoms with Crippen molar-refractivity contribution in [2.45, 2.75) is 57.9 Å². The first-order valence-corrected chi connectivity index (χ1v) is 8.28. The van der Waals surface area contributed by atoms with Crippen LogP contribution >= 0.6 is 11.5 Å². The van der Waals surface area contributed by atoms with E-state index in [0.717, 1.165) is 31.4 Å². The van der Waals surface area contributed by atoms with Gasteiger partial charge in [-0.2, -0.15) is 0 Å². The molecular formula is C14H23N3O2S. The Hall–Kier alpha value is -1.01. The zero-order valence-electron chi connectivity index (χ0n) is 12.0. The van der Waals surface area contributed by atoms with Gasteiger partial charge in [-0.3, -0.25) is 4.79 Å². The first-order chi connectivity index (χ1) is 9.77. The van der Waals surface area contributed by atoms with E-state index in [9.17, 15) is 9.90 Å². The molecule has 0 unspecified atom stereocenters. The third-order valence-electron chi connectivity index (χ3n) is 3.85. The number of hydrogen-bond donors (Lipinski definition) is 1. The predicted molar refractivity (Wildman–Crippen MR) is 78.9 cm³/mol. The van der Waals surface area contributed by atoms with E-state index in [4.69, 9.17) is 0 Å². The van der Waals surface area contributed by atoms with E-state index < -0.39 is 0 Å². The van der Waals surface area contributed by atoms with Crippen LogP contribution in [0, 0.1) is 0 Å². The normalized spacial score (nSPS) is 16.3. The van der Waals surface area contributed by atoms with Gasteiger partial charge in [0.25, 0.3) is 5.91 Å². The Kier molecular flexibility index (Phi) is 5.91. The van der Waals surface area contributed by atoms with Crippen LogP contribution in [0.4, 0.5) is 0 Å². The van der Waals surface area contributed by atoms with E-state index in [1.807, 2.05) is 4.90 Å². The molecule has 0 saturated heterocycles. The number of carbonyl (C=O) groups excluding carboxylic acids is 1. The highest BCUT2D eigenvalue weighted by molar-refractivity contribution is 7.08. The number of hydrogen-bond acceptors (Lipinski definition) is 5. The van der Waals surface area contributed by atoms with Gasteiger partial charge in [0.15, 0.2) is 0 Å². The Morgan fingerprint density at radius 2 is 2.15 bits per heavy atom. The molecule has 1 aromatic heterocycles. The zero-order chi connectivity index (χ0) is 14.4. The van der Waals surface area contributed by atoms with Gasteiger partial charge < -0.3 is 10.0 Å². The molecule has 1 aromatic rings. The summed E-state index contributed by atoms with van der Waals surface area (Å²) < 4.78 is 3.93. The van der Waals surface area contributed by atoms with E-state index >= 15 is 0 Å². The summed E-state index contributed by atoms with van der Waals surface area (Å²) >= 11 is 1.18. The van der Waals surface area contributed by atoms with Crippen LogP contribution in [0.2, 0.25) is 0 Å². The van der Waals surface area contributed by atoms with E-state index in [0.29, 0.717) is 11.4 Å². The second-order valence-corrected chi connectivity index (χ2v) is 6.07. The topological polar surface area (TPSA) is 66.3 Å². The number of aliphatic hydroxyl groups is 1. The van der Waals surface area contributed by atoms with E-state index in [1.165, 1.54) is 30.8 Å². The van der Waals surface area contributed by atoms with Crippen molar-refractivity contribution in [2.24, 2.45) is 0 Å². The van der Waals surface area contributed by atoms with Crippen molar-refractivity contribution >= 4 is 17.4 Å². The Balaban J connectivity index is 2.14. The van der Waals surface area contributed by atoms with Crippen LogP contribution in [-0.2, 0) is 6.42 Å². The molecule has 0 atom stereocenters. The van der Waals surface area contributed by atoms with Crippen LogP contribution in [0.25, 0.3) is 0 Å². The number of aliphatic hydroxyl groups excluding tert-OH is 1. The van der Waals surface area contributed by atoms with Gasteiger partial charge in [0.05, 0.1) is 12.3 Å². The lowest BCUT2D eigenvalue weighted by Gasteiger charge is -2.33. The Labute approximate surface area is 124 Å². The summed E-state index contributed by atoms with van der Waals surface area (Å²) in [5.74, 6) is 0.00407. The summed E-state index contributed by atoms with van der Waals surface area (Å²) in [5.41, 5.74) is 0.807. The molecule has 1 N–H and O–H groups in total. The lowest BCUT2D eigenvalue weighted by Crippen LogP contribution is -2.43. The van der Waals surface area contributed by atoms with Gasteiger partial charge in [0.2, 0.25) is 0 Å². The highest BCUT2D eigenvalue weighted by atomic mass is 32.1. The van der Waals surface area contributed by atoms with Crippen molar-refractivity contribution in [3.05, 3.63) is 10.6 Å². The van der Waals surface area contributed by atoms with E-state index in [-0.39, 0.29) is 18.6 Å². The van der Waals surface area contributed by atoms with Gasteiger partial charge in [0, 0.05) is 12.6 Å². The number of aromatic nitrogens is 2. The third-order valence-corrected chi connectivity index (χ3v) is 4.61. The minimum Gasteiger partial charge on any atom is -0.395 e. The van der Waals surface area contributed by atoms with Gasteiger partial charge in [-0.1, -0.05) is 37.1 Å². The maximum absolute atomic E-state index is 12.7. The summed E-state index contributed by atoms with van der Waals surface area (Å²) in [6, 6.07) is 0.264. The van der Waals surface area contributed by atoms with Crippen molar-refractivity contribution in [3.63, 3.8) is 0 Å². The molecule has 1 heterocycles. The van der Waals surface area contributed by atoms with Crippen molar-refractivity contribution in [1.29, 1.82) is 0 Å². The van der Waals surface area contributed by atoms with E-state index in [2.05, 4.69) is 16.5 Å². The second-order valence-electron chi connectivity index (χ2n) is 5.31. The monoisotopic (exact) mass is 297 g/mol. The summed E-state index contributed by atoms with van der Waals surface area (Å²) in [7, 11) is 0. The Morgan fingerprint density at radius 1 is 1.40 bits per heavy atom. The summed E-state index contributed by atoms with van der Waals surface area (Å²) in [4.78, 5) is 15.2. The molecule has 1 aliphatic carbocycles. The summed E-state index contributed by atoms with van der Waals surface area (Å²) in [6.07, 6.45) is 7.42. The lowest BCUT2D eigenvalue weighted by molar-refractivity contribution is 0.0589. The van der Waals surface area contributed by atoms with Gasteiger partial charge in [0.1, 0.15) is 4.88 Å². The van der Waals surface area contributed by atoms with Crippen molar-refractivity contribution in [3.8, 4) is 0 Å². The molecule has 2 rings (SSSR count). The van der Waals surface area contributed by atoms with Gasteiger partial charge in [-0.15, -0.1) is 5.10 Å². The third kappa shape index (κ3) is 3.55. The standard InChI is InChI=1S/C14H23N3O2S/c1-2-6-12-13(20-16-15-12)14(19)17(9-10-18)11-7-4-3-5-8-11/h11,18H,2-10H2,1H3. The molecule has 5 nitrogen and oxygen atoms in total. The lowest BCUT2D eigenvalue weighted by atomic mass is 9.94. The van der Waals surface area contributed by atoms with Crippen molar-refractivity contribution in [1.82, 2.24) is 14.5 Å². The molecule has 0 aliphatic heterocycles. The van der Waals surface area contributed by atoms with Gasteiger partial charge >= 0.3 is 0 Å². The fourth-order valence-corrected chi connectivity index (χ4v) is 3.52. The number of rotatable bonds is 6. The molecule has 0 aromatic carbocycles. The predicted octanol–water partition coefficient (Wildman–Crippen LogP) is 2.26.